The van der Waals surface area contributed by atoms with Crippen LogP contribution in [0, 0.1) is 29.0 Å². The number of nitrogens with zero attached hydrogens (tertiary/aromatic N) is 5. The Morgan fingerprint density at radius 1 is 1.22 bits per heavy atom. The summed E-state index contributed by atoms with van der Waals surface area (Å²) >= 11 is 0. The van der Waals surface area contributed by atoms with Crippen LogP contribution in [0.25, 0.3) is 22.0 Å². The summed E-state index contributed by atoms with van der Waals surface area (Å²) in [5.41, 5.74) is 3.46. The number of halogens is 1. The van der Waals surface area contributed by atoms with Gasteiger partial charge in [-0.1, -0.05) is 12.0 Å². The molecule has 0 bridgehead atoms. The molecule has 3 heterocycles. The summed E-state index contributed by atoms with van der Waals surface area (Å²) in [5.74, 6) is 5.31. The zero-order valence-electron chi connectivity index (χ0n) is 20.2. The normalized spacial score (nSPS) is 15.1. The van der Waals surface area contributed by atoms with Crippen LogP contribution in [0.1, 0.15) is 47.3 Å². The molecule has 5 rings (SSSR count). The Labute approximate surface area is 214 Å². The molecule has 1 N–H and O–H groups in total. The Morgan fingerprint density at radius 3 is 2.92 bits per heavy atom. The van der Waals surface area contributed by atoms with Crippen molar-refractivity contribution in [2.75, 3.05) is 18.4 Å². The second kappa shape index (κ2) is 10.5. The number of hydrogen-bond acceptors (Lipinski definition) is 6. The van der Waals surface area contributed by atoms with E-state index < -0.39 is 11.7 Å². The molecule has 1 amide bonds. The summed E-state index contributed by atoms with van der Waals surface area (Å²) in [5, 5.41) is 12.5. The zero-order valence-corrected chi connectivity index (χ0v) is 20.2. The predicted octanol–water partition coefficient (Wildman–Crippen LogP) is 5.12. The number of amides is 1. The number of benzene rings is 2. The number of hydrogen-bond donors (Lipinski definition) is 1. The van der Waals surface area contributed by atoms with Crippen LogP contribution in [-0.2, 0) is 0 Å². The van der Waals surface area contributed by atoms with E-state index in [2.05, 4.69) is 37.0 Å². The van der Waals surface area contributed by atoms with E-state index in [0.717, 1.165) is 35.9 Å². The second-order valence-corrected chi connectivity index (χ2v) is 8.77. The van der Waals surface area contributed by atoms with E-state index in [1.807, 2.05) is 25.1 Å². The van der Waals surface area contributed by atoms with Gasteiger partial charge in [-0.25, -0.2) is 19.3 Å². The molecule has 1 aliphatic rings. The molecular formula is C29H23FN6O. The van der Waals surface area contributed by atoms with Crippen molar-refractivity contribution in [3.05, 3.63) is 83.7 Å². The lowest BCUT2D eigenvalue weighted by Gasteiger charge is -2.24. The first-order chi connectivity index (χ1) is 18.1. The number of nitriles is 1. The molecule has 7 nitrogen and oxygen atoms in total. The lowest BCUT2D eigenvalue weighted by Crippen LogP contribution is -2.24. The molecule has 1 atom stereocenters. The van der Waals surface area contributed by atoms with Gasteiger partial charge in [0.05, 0.1) is 23.7 Å². The van der Waals surface area contributed by atoms with E-state index in [4.69, 9.17) is 5.26 Å². The van der Waals surface area contributed by atoms with E-state index in [1.54, 1.807) is 18.3 Å². The highest BCUT2D eigenvalue weighted by Gasteiger charge is 2.28. The number of carbonyl (C=O) groups excluding carboxylic acids is 1. The fourth-order valence-electron chi connectivity index (χ4n) is 4.74. The highest BCUT2D eigenvalue weighted by atomic mass is 19.1. The van der Waals surface area contributed by atoms with E-state index in [-0.39, 0.29) is 17.4 Å². The third-order valence-electron chi connectivity index (χ3n) is 6.49. The third kappa shape index (κ3) is 5.02. The number of aromatic nitrogens is 3. The maximum atomic E-state index is 15.4. The fraction of sp³-hybridized carbons (Fsp3) is 0.207. The van der Waals surface area contributed by atoms with Crippen LogP contribution in [0.3, 0.4) is 0 Å². The van der Waals surface area contributed by atoms with Gasteiger partial charge in [0.1, 0.15) is 18.0 Å². The molecule has 4 aromatic rings. The summed E-state index contributed by atoms with van der Waals surface area (Å²) < 4.78 is 15.4. The van der Waals surface area contributed by atoms with Crippen molar-refractivity contribution in [2.24, 2.45) is 0 Å². The first-order valence-electron chi connectivity index (χ1n) is 11.9. The molecule has 37 heavy (non-hydrogen) atoms. The van der Waals surface area contributed by atoms with Crippen LogP contribution in [0.5, 0.6) is 0 Å². The Hall–Kier alpha value is -4.66. The van der Waals surface area contributed by atoms with Crippen molar-refractivity contribution < 1.29 is 9.18 Å². The largest absolute Gasteiger partial charge is 0.307 e. The molecule has 1 unspecified atom stereocenters. The molecule has 1 saturated heterocycles. The van der Waals surface area contributed by atoms with Crippen molar-refractivity contribution in [1.29, 1.82) is 5.26 Å². The summed E-state index contributed by atoms with van der Waals surface area (Å²) in [4.78, 5) is 27.8. The summed E-state index contributed by atoms with van der Waals surface area (Å²) in [6.07, 6.45) is 6.72. The average molecular weight is 491 g/mol. The van der Waals surface area contributed by atoms with Gasteiger partial charge in [-0.05, 0) is 73.8 Å². The first-order valence-corrected chi connectivity index (χ1v) is 11.9. The minimum atomic E-state index is -0.520. The predicted molar refractivity (Wildman–Crippen MR) is 139 cm³/mol. The molecule has 0 aliphatic carbocycles. The smallest absolute Gasteiger partial charge is 0.256 e. The molecule has 8 heteroatoms. The Balaban J connectivity index is 1.49. The van der Waals surface area contributed by atoms with Gasteiger partial charge in [0.25, 0.3) is 5.91 Å². The van der Waals surface area contributed by atoms with Crippen LogP contribution in [0.2, 0.25) is 0 Å². The molecule has 0 saturated carbocycles. The SMILES string of the molecule is CC#CCN1CCCC1c1cc(-c2ccc(C(=O)Nc3cc(C#N)ccn3)cc2F)cc2cncnc12. The maximum absolute atomic E-state index is 15.4. The van der Waals surface area contributed by atoms with Crippen LogP contribution >= 0.6 is 0 Å². The topological polar surface area (TPSA) is 94.8 Å². The van der Waals surface area contributed by atoms with E-state index in [9.17, 15) is 4.79 Å². The lowest BCUT2D eigenvalue weighted by atomic mass is 9.94. The number of carbonyl (C=O) groups is 1. The van der Waals surface area contributed by atoms with Gasteiger partial charge in [0.15, 0.2) is 0 Å². The van der Waals surface area contributed by atoms with Gasteiger partial charge >= 0.3 is 0 Å². The quantitative estimate of drug-likeness (QED) is 0.391. The number of pyridine rings is 1. The lowest BCUT2D eigenvalue weighted by molar-refractivity contribution is 0.102. The van der Waals surface area contributed by atoms with Crippen LogP contribution in [-0.4, -0.2) is 38.8 Å². The number of nitrogens with one attached hydrogen (secondary N) is 1. The molecule has 1 fully saturated rings. The number of anilines is 1. The number of fused-ring (bicyclic) bond motifs is 1. The molecule has 0 spiro atoms. The van der Waals surface area contributed by atoms with Gasteiger partial charge in [-0.15, -0.1) is 5.92 Å². The van der Waals surface area contributed by atoms with Crippen LogP contribution < -0.4 is 5.32 Å². The molecule has 2 aromatic heterocycles. The van der Waals surface area contributed by atoms with E-state index in [0.29, 0.717) is 23.2 Å². The average Bonchev–Trinajstić information content (AvgIpc) is 3.39. The number of likely N-dealkylation sites (tertiary alicyclic amines) is 1. The van der Waals surface area contributed by atoms with Crippen molar-refractivity contribution in [1.82, 2.24) is 19.9 Å². The summed E-state index contributed by atoms with van der Waals surface area (Å²) in [7, 11) is 0. The minimum absolute atomic E-state index is 0.128. The van der Waals surface area contributed by atoms with Crippen LogP contribution in [0.4, 0.5) is 10.2 Å². The standard InChI is InChI=1S/C29H23FN6O/c1-2-3-10-36-11-4-5-26(36)24-14-21(13-22-17-32-18-34-28(22)24)23-7-6-20(15-25(23)30)29(37)35-27-12-19(16-31)8-9-33-27/h6-9,12-15,17-18,26H,4-5,10-11H2,1H3,(H,33,35,37). The minimum Gasteiger partial charge on any atom is -0.307 e. The van der Waals surface area contributed by atoms with Gasteiger partial charge in [0.2, 0.25) is 0 Å². The van der Waals surface area contributed by atoms with Gasteiger partial charge < -0.3 is 5.32 Å². The molecular weight excluding hydrogens is 467 g/mol. The Morgan fingerprint density at radius 2 is 2.11 bits per heavy atom. The van der Waals surface area contributed by atoms with Crippen molar-refractivity contribution in [3.63, 3.8) is 0 Å². The maximum Gasteiger partial charge on any atom is 0.256 e. The Bertz CT molecular complexity index is 1600. The van der Waals surface area contributed by atoms with Gasteiger partial charge in [0, 0.05) is 34.9 Å². The summed E-state index contributed by atoms with van der Waals surface area (Å²) in [6.45, 7) is 3.45. The monoisotopic (exact) mass is 490 g/mol. The van der Waals surface area contributed by atoms with Gasteiger partial charge in [-0.3, -0.25) is 9.69 Å². The van der Waals surface area contributed by atoms with Crippen molar-refractivity contribution in [2.45, 2.75) is 25.8 Å². The Kier molecular flexibility index (Phi) is 6.85. The second-order valence-electron chi connectivity index (χ2n) is 8.77. The number of rotatable bonds is 5. The highest BCUT2D eigenvalue weighted by Crippen LogP contribution is 2.38. The van der Waals surface area contributed by atoms with Crippen molar-refractivity contribution in [3.8, 4) is 29.0 Å². The van der Waals surface area contributed by atoms with E-state index in [1.165, 1.54) is 30.7 Å². The first kappa shape index (κ1) is 24.1. The molecule has 182 valence electrons. The molecule has 0 radical (unpaired) electrons. The third-order valence-corrected chi connectivity index (χ3v) is 6.49. The molecule has 1 aliphatic heterocycles. The zero-order chi connectivity index (χ0) is 25.8. The van der Waals surface area contributed by atoms with Crippen LogP contribution in [0.15, 0.2) is 61.2 Å². The fourth-order valence-corrected chi connectivity index (χ4v) is 4.74. The van der Waals surface area contributed by atoms with Crippen molar-refractivity contribution >= 4 is 22.6 Å². The van der Waals surface area contributed by atoms with E-state index >= 15 is 4.39 Å². The summed E-state index contributed by atoms with van der Waals surface area (Å²) in [6, 6.07) is 13.4. The van der Waals surface area contributed by atoms with Gasteiger partial charge in [-0.2, -0.15) is 5.26 Å². The molecule has 2 aromatic carbocycles. The highest BCUT2D eigenvalue weighted by molar-refractivity contribution is 6.04.